The van der Waals surface area contributed by atoms with E-state index < -0.39 is 17.3 Å². The van der Waals surface area contributed by atoms with E-state index in [-0.39, 0.29) is 30.2 Å². The highest BCUT2D eigenvalue weighted by Crippen LogP contribution is 2.52. The highest BCUT2D eigenvalue weighted by molar-refractivity contribution is 6.01. The highest BCUT2D eigenvalue weighted by atomic mass is 19.3. The number of nitrogens with zero attached hydrogens (tertiary/aromatic N) is 2. The van der Waals surface area contributed by atoms with Crippen LogP contribution in [0.2, 0.25) is 0 Å². The van der Waals surface area contributed by atoms with E-state index in [0.717, 1.165) is 5.56 Å². The van der Waals surface area contributed by atoms with Crippen molar-refractivity contribution < 1.29 is 24.5 Å². The summed E-state index contributed by atoms with van der Waals surface area (Å²) in [4.78, 5) is 31.8. The summed E-state index contributed by atoms with van der Waals surface area (Å²) in [5.74, 6) is -0.236. The zero-order valence-corrected chi connectivity index (χ0v) is 17.2. The Labute approximate surface area is 187 Å². The normalized spacial score (nSPS) is 16.7. The molecule has 1 aliphatic carbocycles. The van der Waals surface area contributed by atoms with Gasteiger partial charge in [-0.1, -0.05) is 12.1 Å². The van der Waals surface area contributed by atoms with Gasteiger partial charge in [-0.2, -0.15) is 5.26 Å². The smallest absolute Gasteiger partial charge is 0.395 e. The number of alkyl halides is 2. The monoisotopic (exact) mass is 452 g/mol. The summed E-state index contributed by atoms with van der Waals surface area (Å²) >= 11 is 0. The third-order valence-corrected chi connectivity index (χ3v) is 5.77. The molecule has 33 heavy (non-hydrogen) atoms. The number of aromatic nitrogens is 2. The molecule has 1 amide bonds. The maximum absolute atomic E-state index is 13.3. The molecular formula is C23H18F2N4O4. The molecule has 0 bridgehead atoms. The molecule has 3 aromatic rings. The number of ether oxygens (including phenoxy) is 2. The average Bonchev–Trinajstić information content (AvgIpc) is 3.52. The molecule has 10 heteroatoms. The molecule has 168 valence electrons. The first kappa shape index (κ1) is 20.6. The van der Waals surface area contributed by atoms with Gasteiger partial charge in [-0.05, 0) is 55.2 Å². The minimum absolute atomic E-state index is 0. The Balaban J connectivity index is 0.00000274. The number of nitrogens with one attached hydrogen (secondary N) is 2. The minimum atomic E-state index is -3.73. The van der Waals surface area contributed by atoms with E-state index in [0.29, 0.717) is 29.7 Å². The molecule has 1 fully saturated rings. The molecule has 1 aromatic carbocycles. The van der Waals surface area contributed by atoms with E-state index in [4.69, 9.17) is 5.26 Å². The second-order valence-corrected chi connectivity index (χ2v) is 7.97. The van der Waals surface area contributed by atoms with Crippen LogP contribution >= 0.6 is 0 Å². The van der Waals surface area contributed by atoms with Crippen LogP contribution in [-0.2, 0) is 10.2 Å². The lowest BCUT2D eigenvalue weighted by atomic mass is 9.94. The van der Waals surface area contributed by atoms with Crippen molar-refractivity contribution in [2.24, 2.45) is 0 Å². The zero-order chi connectivity index (χ0) is 23.4. The number of aryl methyl sites for hydroxylation is 1. The molecular weight excluding hydrogens is 434 g/mol. The number of fused-ring (bicyclic) bond motifs is 1. The number of hydrogen-bond acceptors (Lipinski definition) is 6. The predicted octanol–water partition coefficient (Wildman–Crippen LogP) is 3.85. The van der Waals surface area contributed by atoms with Crippen molar-refractivity contribution in [3.8, 4) is 28.8 Å². The van der Waals surface area contributed by atoms with Crippen molar-refractivity contribution in [2.45, 2.75) is 31.5 Å². The molecule has 1 saturated carbocycles. The number of carbonyl (C=O) groups excluding carboxylic acids is 1. The quantitative estimate of drug-likeness (QED) is 0.621. The topological polar surface area (TPSA) is 117 Å². The zero-order valence-electron chi connectivity index (χ0n) is 17.2. The lowest BCUT2D eigenvalue weighted by molar-refractivity contribution is -0.286. The maximum atomic E-state index is 13.3. The first-order valence-corrected chi connectivity index (χ1v) is 10.0. The van der Waals surface area contributed by atoms with Crippen LogP contribution in [0.3, 0.4) is 0 Å². The van der Waals surface area contributed by atoms with Gasteiger partial charge in [-0.25, -0.2) is 4.98 Å². The molecule has 0 unspecified atom stereocenters. The third kappa shape index (κ3) is 3.57. The highest BCUT2D eigenvalue weighted by Gasteiger charge is 2.53. The number of halogens is 2. The Bertz CT molecular complexity index is 1410. The molecule has 0 spiro atoms. The Kier molecular flexibility index (Phi) is 4.46. The average molecular weight is 452 g/mol. The van der Waals surface area contributed by atoms with Gasteiger partial charge in [0.2, 0.25) is 5.91 Å². The van der Waals surface area contributed by atoms with Gasteiger partial charge in [0.05, 0.1) is 11.1 Å². The molecule has 1 aliphatic heterocycles. The number of anilines is 1. The van der Waals surface area contributed by atoms with E-state index in [1.807, 2.05) is 13.0 Å². The van der Waals surface area contributed by atoms with Crippen molar-refractivity contribution in [1.29, 1.82) is 5.26 Å². The fourth-order valence-corrected chi connectivity index (χ4v) is 3.85. The van der Waals surface area contributed by atoms with Crippen LogP contribution in [0.4, 0.5) is 14.6 Å². The summed E-state index contributed by atoms with van der Waals surface area (Å²) in [6.45, 7) is 1.82. The molecule has 2 aromatic heterocycles. The Hall–Kier alpha value is -4.26. The Morgan fingerprint density at radius 2 is 1.97 bits per heavy atom. The number of nitriles is 1. The van der Waals surface area contributed by atoms with Crippen LogP contribution in [0.5, 0.6) is 11.5 Å². The predicted molar refractivity (Wildman–Crippen MR) is 114 cm³/mol. The number of aromatic amines is 1. The largest absolute Gasteiger partial charge is 0.586 e. The number of rotatable bonds is 4. The lowest BCUT2D eigenvalue weighted by Crippen LogP contribution is -2.28. The van der Waals surface area contributed by atoms with E-state index in [1.165, 1.54) is 24.4 Å². The molecule has 2 N–H and O–H groups in total. The summed E-state index contributed by atoms with van der Waals surface area (Å²) < 4.78 is 35.6. The molecule has 0 saturated heterocycles. The molecule has 2 aliphatic rings. The number of pyridine rings is 2. The van der Waals surface area contributed by atoms with Gasteiger partial charge in [-0.3, -0.25) is 9.59 Å². The first-order chi connectivity index (χ1) is 15.7. The van der Waals surface area contributed by atoms with Gasteiger partial charge in [0.1, 0.15) is 17.5 Å². The van der Waals surface area contributed by atoms with Gasteiger partial charge >= 0.3 is 6.29 Å². The Morgan fingerprint density at radius 1 is 1.21 bits per heavy atom. The lowest BCUT2D eigenvalue weighted by Gasteiger charge is -2.16. The summed E-state index contributed by atoms with van der Waals surface area (Å²) in [6.07, 6.45) is -1.19. The van der Waals surface area contributed by atoms with E-state index in [1.54, 1.807) is 18.2 Å². The van der Waals surface area contributed by atoms with Crippen molar-refractivity contribution in [2.75, 3.05) is 5.32 Å². The number of amides is 1. The summed E-state index contributed by atoms with van der Waals surface area (Å²) in [7, 11) is 0. The van der Waals surface area contributed by atoms with E-state index in [9.17, 15) is 18.4 Å². The number of hydrogen-bond donors (Lipinski definition) is 2. The number of carbonyl (C=O) groups is 1. The molecule has 0 atom stereocenters. The Morgan fingerprint density at radius 3 is 2.70 bits per heavy atom. The number of H-pyrrole nitrogens is 1. The van der Waals surface area contributed by atoms with Crippen LogP contribution < -0.4 is 20.3 Å². The SMILES string of the molecule is Cc1ccc(NC(=O)C2(c3ccc4c(c3)OC(F)(F)O4)CC2)nc1-c1c[nH]c(=O)c(C#N)c1.[HH]. The molecule has 0 radical (unpaired) electrons. The van der Waals surface area contributed by atoms with E-state index >= 15 is 0 Å². The van der Waals surface area contributed by atoms with Crippen LogP contribution in [0, 0.1) is 18.3 Å². The summed E-state index contributed by atoms with van der Waals surface area (Å²) in [5, 5.41) is 11.9. The van der Waals surface area contributed by atoms with Crippen molar-refractivity contribution >= 4 is 11.7 Å². The van der Waals surface area contributed by atoms with E-state index in [2.05, 4.69) is 24.8 Å². The van der Waals surface area contributed by atoms with Gasteiger partial charge in [0.25, 0.3) is 5.56 Å². The minimum Gasteiger partial charge on any atom is -0.395 e. The fraction of sp³-hybridized carbons (Fsp3) is 0.217. The van der Waals surface area contributed by atoms with Crippen LogP contribution in [0.15, 0.2) is 47.4 Å². The van der Waals surface area contributed by atoms with Crippen LogP contribution in [0.25, 0.3) is 11.3 Å². The summed E-state index contributed by atoms with van der Waals surface area (Å²) in [6, 6.07) is 11.0. The van der Waals surface area contributed by atoms with Crippen LogP contribution in [-0.4, -0.2) is 22.2 Å². The third-order valence-electron chi connectivity index (χ3n) is 5.77. The second-order valence-electron chi connectivity index (χ2n) is 7.97. The number of benzene rings is 1. The second kappa shape index (κ2) is 7.13. The van der Waals surface area contributed by atoms with Crippen molar-refractivity contribution in [3.05, 3.63) is 69.6 Å². The fourth-order valence-electron chi connectivity index (χ4n) is 3.85. The van der Waals surface area contributed by atoms with Crippen molar-refractivity contribution in [1.82, 2.24) is 9.97 Å². The maximum Gasteiger partial charge on any atom is 0.586 e. The van der Waals surface area contributed by atoms with Crippen LogP contribution in [0.1, 0.15) is 31.0 Å². The molecule has 8 nitrogen and oxygen atoms in total. The van der Waals surface area contributed by atoms with Gasteiger partial charge in [-0.15, -0.1) is 8.78 Å². The molecule has 5 rings (SSSR count). The van der Waals surface area contributed by atoms with Gasteiger partial charge in [0.15, 0.2) is 11.5 Å². The first-order valence-electron chi connectivity index (χ1n) is 10.0. The van der Waals surface area contributed by atoms with Gasteiger partial charge in [0, 0.05) is 13.2 Å². The molecule has 3 heterocycles. The summed E-state index contributed by atoms with van der Waals surface area (Å²) in [5.41, 5.74) is 0.922. The van der Waals surface area contributed by atoms with Gasteiger partial charge < -0.3 is 19.8 Å². The standard InChI is InChI=1S/C23H16F2N4O4.H2/c1-12-2-5-18(28-19(12)14-8-13(10-26)20(30)27-11-14)29-21(31)22(6-7-22)15-3-4-16-17(9-15)33-23(24,25)32-16;/h2-5,8-9,11H,6-7H2,1H3,(H,27,30)(H,28,29,31);1H. The van der Waals surface area contributed by atoms with Crippen molar-refractivity contribution in [3.63, 3.8) is 0 Å².